The number of fused-ring (bicyclic) bond motifs is 1. The summed E-state index contributed by atoms with van der Waals surface area (Å²) >= 11 is 2.06. The SMILES string of the molecule is CCOC(=O)COc1c(I)cc(C2N=C(NC#N)Nc3nc(N)c(C#N)c(N)c32)cc1OCC. The van der Waals surface area contributed by atoms with Crippen LogP contribution in [0.3, 0.4) is 0 Å². The van der Waals surface area contributed by atoms with E-state index in [0.717, 1.165) is 0 Å². The van der Waals surface area contributed by atoms with Crippen molar-refractivity contribution in [3.05, 3.63) is 32.4 Å². The van der Waals surface area contributed by atoms with E-state index in [1.54, 1.807) is 25.2 Å². The standard InChI is InChI=1S/C21H21IN8O4/c1-3-32-13-6-10(5-12(22)18(13)34-8-14(31)33-4-2)17-15-16(25)11(7-23)19(26)29-20(15)30-21(28-17)27-9-24/h5-6,17H,3-4,8H2,1-2H3,(H6,25,26,27,28,29,30). The van der Waals surface area contributed by atoms with Gasteiger partial charge in [0.25, 0.3) is 0 Å². The predicted molar refractivity (Wildman–Crippen MR) is 132 cm³/mol. The summed E-state index contributed by atoms with van der Waals surface area (Å²) in [5.74, 6) is 0.592. The molecule has 1 atom stereocenters. The number of anilines is 3. The molecule has 2 heterocycles. The van der Waals surface area contributed by atoms with Crippen molar-refractivity contribution in [2.45, 2.75) is 19.9 Å². The molecule has 13 heteroatoms. The molecule has 0 radical (unpaired) electrons. The number of hydrogen-bond donors (Lipinski definition) is 4. The van der Waals surface area contributed by atoms with Crippen LogP contribution in [-0.4, -0.2) is 36.7 Å². The zero-order valence-electron chi connectivity index (χ0n) is 18.3. The van der Waals surface area contributed by atoms with Gasteiger partial charge in [-0.1, -0.05) is 0 Å². The van der Waals surface area contributed by atoms with Crippen LogP contribution in [0.5, 0.6) is 11.5 Å². The zero-order valence-corrected chi connectivity index (χ0v) is 20.5. The Morgan fingerprint density at radius 3 is 2.68 bits per heavy atom. The van der Waals surface area contributed by atoms with Gasteiger partial charge < -0.3 is 31.0 Å². The van der Waals surface area contributed by atoms with Crippen molar-refractivity contribution < 1.29 is 19.0 Å². The first-order valence-corrected chi connectivity index (χ1v) is 11.2. The van der Waals surface area contributed by atoms with Crippen molar-refractivity contribution >= 4 is 51.8 Å². The number of guanidine groups is 1. The molecule has 6 N–H and O–H groups in total. The Morgan fingerprint density at radius 1 is 1.26 bits per heavy atom. The fourth-order valence-corrected chi connectivity index (χ4v) is 4.09. The molecule has 176 valence electrons. The molecule has 0 bridgehead atoms. The molecule has 1 aromatic heterocycles. The molecule has 1 aromatic carbocycles. The number of ether oxygens (including phenoxy) is 3. The summed E-state index contributed by atoms with van der Waals surface area (Å²) in [7, 11) is 0. The van der Waals surface area contributed by atoms with Gasteiger partial charge in [-0.15, -0.1) is 0 Å². The highest BCUT2D eigenvalue weighted by molar-refractivity contribution is 14.1. The maximum absolute atomic E-state index is 11.8. The second-order valence-electron chi connectivity index (χ2n) is 6.76. The summed E-state index contributed by atoms with van der Waals surface area (Å²) in [6, 6.07) is 4.69. The molecule has 0 saturated heterocycles. The third kappa shape index (κ3) is 4.99. The van der Waals surface area contributed by atoms with Crippen molar-refractivity contribution in [3.63, 3.8) is 0 Å². The number of nitrogens with two attached hydrogens (primary N) is 2. The summed E-state index contributed by atoms with van der Waals surface area (Å²) in [5, 5.41) is 23.9. The number of nitrogens with zero attached hydrogens (tertiary/aromatic N) is 4. The van der Waals surface area contributed by atoms with E-state index in [0.29, 0.717) is 32.8 Å². The number of halogens is 1. The van der Waals surface area contributed by atoms with Gasteiger partial charge in [-0.3, -0.25) is 5.32 Å². The smallest absolute Gasteiger partial charge is 0.344 e. The number of nitrogens with one attached hydrogen (secondary N) is 2. The molecule has 0 saturated carbocycles. The van der Waals surface area contributed by atoms with Gasteiger partial charge in [-0.2, -0.15) is 10.5 Å². The highest BCUT2D eigenvalue weighted by Crippen LogP contribution is 2.44. The maximum Gasteiger partial charge on any atom is 0.344 e. The Hall–Kier alpha value is -3.98. The van der Waals surface area contributed by atoms with Gasteiger partial charge in [-0.25, -0.2) is 14.8 Å². The van der Waals surface area contributed by atoms with Gasteiger partial charge in [0.1, 0.15) is 29.3 Å². The Labute approximate surface area is 209 Å². The van der Waals surface area contributed by atoms with Crippen LogP contribution in [0.25, 0.3) is 0 Å². The molecule has 1 aliphatic heterocycles. The van der Waals surface area contributed by atoms with Crippen molar-refractivity contribution in [1.82, 2.24) is 10.3 Å². The van der Waals surface area contributed by atoms with E-state index in [4.69, 9.17) is 30.9 Å². The molecule has 1 aliphatic rings. The summed E-state index contributed by atoms with van der Waals surface area (Å²) in [4.78, 5) is 20.6. The highest BCUT2D eigenvalue weighted by atomic mass is 127. The lowest BCUT2D eigenvalue weighted by atomic mass is 9.95. The summed E-state index contributed by atoms with van der Waals surface area (Å²) in [5.41, 5.74) is 13.4. The van der Waals surface area contributed by atoms with Crippen LogP contribution in [0.2, 0.25) is 0 Å². The van der Waals surface area contributed by atoms with E-state index < -0.39 is 12.0 Å². The van der Waals surface area contributed by atoms with E-state index in [1.807, 2.05) is 13.0 Å². The zero-order chi connectivity index (χ0) is 24.8. The van der Waals surface area contributed by atoms with Crippen LogP contribution in [0.4, 0.5) is 17.3 Å². The second-order valence-corrected chi connectivity index (χ2v) is 7.92. The number of hydrogen-bond acceptors (Lipinski definition) is 12. The third-order valence-electron chi connectivity index (χ3n) is 4.64. The fraction of sp³-hybridized carbons (Fsp3) is 0.286. The van der Waals surface area contributed by atoms with Gasteiger partial charge in [0.05, 0.1) is 22.5 Å². The highest BCUT2D eigenvalue weighted by Gasteiger charge is 2.31. The number of pyridine rings is 1. The molecule has 0 aliphatic carbocycles. The lowest BCUT2D eigenvalue weighted by molar-refractivity contribution is -0.145. The molecule has 0 spiro atoms. The first-order chi connectivity index (χ1) is 16.3. The van der Waals surface area contributed by atoms with Gasteiger partial charge in [0, 0.05) is 5.56 Å². The van der Waals surface area contributed by atoms with E-state index >= 15 is 0 Å². The van der Waals surface area contributed by atoms with Crippen molar-refractivity contribution in [1.29, 1.82) is 10.5 Å². The number of carbonyl (C=O) groups is 1. The third-order valence-corrected chi connectivity index (χ3v) is 5.45. The lowest BCUT2D eigenvalue weighted by Crippen LogP contribution is -2.32. The fourth-order valence-electron chi connectivity index (χ4n) is 3.30. The predicted octanol–water partition coefficient (Wildman–Crippen LogP) is 2.00. The lowest BCUT2D eigenvalue weighted by Gasteiger charge is -2.27. The number of nitrogen functional groups attached to an aromatic ring is 2. The van der Waals surface area contributed by atoms with Crippen LogP contribution < -0.4 is 31.6 Å². The molecule has 2 aromatic rings. The van der Waals surface area contributed by atoms with Crippen LogP contribution in [0, 0.1) is 26.4 Å². The van der Waals surface area contributed by atoms with Gasteiger partial charge in [-0.05, 0) is 54.1 Å². The average molecular weight is 576 g/mol. The minimum absolute atomic E-state index is 0.0339. The molecule has 3 rings (SSSR count). The average Bonchev–Trinajstić information content (AvgIpc) is 2.78. The first kappa shape index (κ1) is 24.7. The second kappa shape index (κ2) is 10.8. The molecular formula is C21H21IN8O4. The van der Waals surface area contributed by atoms with Gasteiger partial charge >= 0.3 is 5.97 Å². The van der Waals surface area contributed by atoms with Crippen molar-refractivity contribution in [2.24, 2.45) is 4.99 Å². The number of nitriles is 2. The topological polar surface area (TPSA) is 194 Å². The molecule has 1 unspecified atom stereocenters. The van der Waals surface area contributed by atoms with Crippen molar-refractivity contribution in [2.75, 3.05) is 36.6 Å². The first-order valence-electron chi connectivity index (χ1n) is 10.1. The van der Waals surface area contributed by atoms with E-state index in [-0.39, 0.29) is 42.1 Å². The van der Waals surface area contributed by atoms with Gasteiger partial charge in [0.15, 0.2) is 24.3 Å². The normalized spacial score (nSPS) is 13.9. The Balaban J connectivity index is 2.14. The molecule has 0 amide bonds. The number of aliphatic imine (C=N–C) groups is 1. The number of esters is 1. The summed E-state index contributed by atoms with van der Waals surface area (Å²) < 4.78 is 17.0. The van der Waals surface area contributed by atoms with Crippen LogP contribution in [0.1, 0.15) is 36.6 Å². The van der Waals surface area contributed by atoms with Crippen LogP contribution >= 0.6 is 22.6 Å². The number of benzene rings is 1. The van der Waals surface area contributed by atoms with E-state index in [9.17, 15) is 10.1 Å². The van der Waals surface area contributed by atoms with Crippen LogP contribution in [-0.2, 0) is 9.53 Å². The Kier molecular flexibility index (Phi) is 7.80. The Morgan fingerprint density at radius 2 is 2.03 bits per heavy atom. The summed E-state index contributed by atoms with van der Waals surface area (Å²) in [6.45, 7) is 3.82. The monoisotopic (exact) mass is 576 g/mol. The maximum atomic E-state index is 11.8. The molecule has 12 nitrogen and oxygen atoms in total. The largest absolute Gasteiger partial charge is 0.490 e. The molecule has 0 fully saturated rings. The van der Waals surface area contributed by atoms with Gasteiger partial charge in [0.2, 0.25) is 5.96 Å². The summed E-state index contributed by atoms with van der Waals surface area (Å²) in [6.07, 6.45) is 1.81. The van der Waals surface area contributed by atoms with E-state index in [2.05, 4.69) is 43.2 Å². The minimum Gasteiger partial charge on any atom is -0.490 e. The number of carbonyl (C=O) groups excluding carboxylic acids is 1. The molecule has 34 heavy (non-hydrogen) atoms. The quantitative estimate of drug-likeness (QED) is 0.163. The number of aromatic nitrogens is 1. The van der Waals surface area contributed by atoms with Crippen molar-refractivity contribution in [3.8, 4) is 23.8 Å². The van der Waals surface area contributed by atoms with Crippen LogP contribution in [0.15, 0.2) is 17.1 Å². The number of rotatable bonds is 7. The van der Waals surface area contributed by atoms with E-state index in [1.165, 1.54) is 0 Å². The minimum atomic E-state index is -0.751. The Bertz CT molecular complexity index is 1230. The molecular weight excluding hydrogens is 555 g/mol.